The Morgan fingerprint density at radius 1 is 0.933 bits per heavy atom. The topological polar surface area (TPSA) is 57.6 Å². The van der Waals surface area contributed by atoms with Crippen LogP contribution in [0.2, 0.25) is 10.0 Å². The molecule has 3 aromatic carbocycles. The molecular weight excluding hydrogens is 421 g/mol. The zero-order valence-electron chi connectivity index (χ0n) is 16.0. The second-order valence-electron chi connectivity index (χ2n) is 6.97. The number of amides is 1. The SMILES string of the molecule is Cc1c(Cl)cccc1N1C(=O)C(=O)/C(=C(/O)c2cccc(Cl)c2)C1c1ccccc1. The van der Waals surface area contributed by atoms with Gasteiger partial charge in [0.1, 0.15) is 5.76 Å². The molecule has 0 aliphatic carbocycles. The van der Waals surface area contributed by atoms with Crippen molar-refractivity contribution in [2.24, 2.45) is 0 Å². The fourth-order valence-corrected chi connectivity index (χ4v) is 4.04. The summed E-state index contributed by atoms with van der Waals surface area (Å²) in [6.45, 7) is 1.79. The van der Waals surface area contributed by atoms with Gasteiger partial charge in [0.25, 0.3) is 11.7 Å². The fourth-order valence-electron chi connectivity index (χ4n) is 3.68. The Balaban J connectivity index is 1.99. The van der Waals surface area contributed by atoms with E-state index in [9.17, 15) is 14.7 Å². The molecule has 0 spiro atoms. The lowest BCUT2D eigenvalue weighted by Crippen LogP contribution is -2.30. The minimum absolute atomic E-state index is 0.00726. The van der Waals surface area contributed by atoms with Gasteiger partial charge in [0.05, 0.1) is 11.6 Å². The Morgan fingerprint density at radius 3 is 2.33 bits per heavy atom. The first-order chi connectivity index (χ1) is 14.4. The van der Waals surface area contributed by atoms with Gasteiger partial charge in [0.2, 0.25) is 0 Å². The van der Waals surface area contributed by atoms with Crippen molar-refractivity contribution in [1.29, 1.82) is 0 Å². The van der Waals surface area contributed by atoms with Crippen LogP contribution in [0.4, 0.5) is 5.69 Å². The smallest absolute Gasteiger partial charge is 0.300 e. The molecule has 0 bridgehead atoms. The van der Waals surface area contributed by atoms with Crippen molar-refractivity contribution < 1.29 is 14.7 Å². The van der Waals surface area contributed by atoms with E-state index in [2.05, 4.69) is 0 Å². The minimum Gasteiger partial charge on any atom is -0.507 e. The number of aliphatic hydroxyl groups excluding tert-OH is 1. The number of rotatable bonds is 3. The maximum absolute atomic E-state index is 13.1. The van der Waals surface area contributed by atoms with E-state index in [-0.39, 0.29) is 11.3 Å². The van der Waals surface area contributed by atoms with Gasteiger partial charge in [-0.25, -0.2) is 0 Å². The molecule has 0 radical (unpaired) electrons. The van der Waals surface area contributed by atoms with Gasteiger partial charge in [-0.05, 0) is 42.3 Å². The highest BCUT2D eigenvalue weighted by Gasteiger charge is 2.47. The number of benzene rings is 3. The van der Waals surface area contributed by atoms with Crippen molar-refractivity contribution >= 4 is 46.3 Å². The normalized spacial score (nSPS) is 18.1. The average molecular weight is 438 g/mol. The number of hydrogen-bond acceptors (Lipinski definition) is 3. The predicted octanol–water partition coefficient (Wildman–Crippen LogP) is 5.93. The molecule has 1 fully saturated rings. The van der Waals surface area contributed by atoms with Gasteiger partial charge in [-0.1, -0.05) is 71.7 Å². The van der Waals surface area contributed by atoms with Crippen LogP contribution in [0.5, 0.6) is 0 Å². The monoisotopic (exact) mass is 437 g/mol. The van der Waals surface area contributed by atoms with Gasteiger partial charge in [0, 0.05) is 21.3 Å². The molecule has 1 amide bonds. The standard InChI is InChI=1S/C24H17Cl2NO3/c1-14-18(26)11-6-12-19(14)27-21(15-7-3-2-4-8-15)20(23(29)24(27)30)22(28)16-9-5-10-17(25)13-16/h2-13,21,28H,1H3/b22-20+. The number of nitrogens with zero attached hydrogens (tertiary/aromatic N) is 1. The largest absolute Gasteiger partial charge is 0.507 e. The summed E-state index contributed by atoms with van der Waals surface area (Å²) < 4.78 is 0. The van der Waals surface area contributed by atoms with E-state index in [1.54, 1.807) is 49.4 Å². The molecule has 0 saturated carbocycles. The van der Waals surface area contributed by atoms with Crippen LogP contribution in [0.1, 0.15) is 22.7 Å². The molecule has 4 nitrogen and oxygen atoms in total. The number of halogens is 2. The number of carbonyl (C=O) groups is 2. The summed E-state index contributed by atoms with van der Waals surface area (Å²) in [4.78, 5) is 27.6. The van der Waals surface area contributed by atoms with Gasteiger partial charge < -0.3 is 5.11 Å². The lowest BCUT2D eigenvalue weighted by molar-refractivity contribution is -0.132. The highest BCUT2D eigenvalue weighted by molar-refractivity contribution is 6.52. The molecule has 1 aliphatic rings. The summed E-state index contributed by atoms with van der Waals surface area (Å²) >= 11 is 12.3. The van der Waals surface area contributed by atoms with E-state index in [0.29, 0.717) is 32.4 Å². The molecule has 3 aromatic rings. The van der Waals surface area contributed by atoms with Crippen LogP contribution in [0.3, 0.4) is 0 Å². The van der Waals surface area contributed by atoms with Gasteiger partial charge in [-0.2, -0.15) is 0 Å². The van der Waals surface area contributed by atoms with Crippen LogP contribution >= 0.6 is 23.2 Å². The molecule has 30 heavy (non-hydrogen) atoms. The fraction of sp³-hybridized carbons (Fsp3) is 0.0833. The van der Waals surface area contributed by atoms with E-state index in [0.717, 1.165) is 0 Å². The Kier molecular flexibility index (Phi) is 5.37. The summed E-state index contributed by atoms with van der Waals surface area (Å²) in [5.74, 6) is -1.76. The van der Waals surface area contributed by atoms with Crippen LogP contribution in [0.25, 0.3) is 5.76 Å². The van der Waals surface area contributed by atoms with Gasteiger partial charge in [-0.3, -0.25) is 14.5 Å². The van der Waals surface area contributed by atoms with Gasteiger partial charge in [-0.15, -0.1) is 0 Å². The maximum Gasteiger partial charge on any atom is 0.300 e. The van der Waals surface area contributed by atoms with Crippen molar-refractivity contribution in [2.75, 3.05) is 4.90 Å². The molecule has 1 heterocycles. The quantitative estimate of drug-likeness (QED) is 0.313. The number of ketones is 1. The van der Waals surface area contributed by atoms with Crippen molar-refractivity contribution in [3.63, 3.8) is 0 Å². The minimum atomic E-state index is -0.803. The third-order valence-corrected chi connectivity index (χ3v) is 5.80. The number of Topliss-reactive ketones (excluding diaryl/α,β-unsaturated/α-hetero) is 1. The third-order valence-electron chi connectivity index (χ3n) is 5.16. The average Bonchev–Trinajstić information content (AvgIpc) is 3.01. The molecule has 1 N–H and O–H groups in total. The van der Waals surface area contributed by atoms with Crippen LogP contribution in [0, 0.1) is 6.92 Å². The van der Waals surface area contributed by atoms with Gasteiger partial charge >= 0.3 is 0 Å². The Hall–Kier alpha value is -3.08. The van der Waals surface area contributed by atoms with Gasteiger partial charge in [0.15, 0.2) is 0 Å². The highest BCUT2D eigenvalue weighted by atomic mass is 35.5. The predicted molar refractivity (Wildman–Crippen MR) is 119 cm³/mol. The zero-order chi connectivity index (χ0) is 21.4. The first-order valence-corrected chi connectivity index (χ1v) is 10.0. The molecule has 1 atom stereocenters. The lowest BCUT2D eigenvalue weighted by atomic mass is 9.95. The van der Waals surface area contributed by atoms with Crippen LogP contribution in [-0.2, 0) is 9.59 Å². The second kappa shape index (κ2) is 7.98. The molecule has 1 aliphatic heterocycles. The summed E-state index contributed by atoms with van der Waals surface area (Å²) in [7, 11) is 0. The number of hydrogen-bond donors (Lipinski definition) is 1. The Bertz CT molecular complexity index is 1190. The summed E-state index contributed by atoms with van der Waals surface area (Å²) in [5, 5.41) is 11.9. The lowest BCUT2D eigenvalue weighted by Gasteiger charge is -2.27. The van der Waals surface area contributed by atoms with E-state index in [1.165, 1.54) is 4.90 Å². The van der Waals surface area contributed by atoms with E-state index < -0.39 is 17.7 Å². The van der Waals surface area contributed by atoms with Crippen LogP contribution in [-0.4, -0.2) is 16.8 Å². The zero-order valence-corrected chi connectivity index (χ0v) is 17.5. The molecule has 6 heteroatoms. The number of anilines is 1. The van der Waals surface area contributed by atoms with Crippen molar-refractivity contribution in [2.45, 2.75) is 13.0 Å². The maximum atomic E-state index is 13.1. The van der Waals surface area contributed by atoms with Crippen molar-refractivity contribution in [3.05, 3.63) is 105 Å². The Labute approximate surface area is 184 Å². The molecule has 1 unspecified atom stereocenters. The molecular formula is C24H17Cl2NO3. The van der Waals surface area contributed by atoms with Crippen molar-refractivity contribution in [3.8, 4) is 0 Å². The van der Waals surface area contributed by atoms with Crippen molar-refractivity contribution in [1.82, 2.24) is 0 Å². The van der Waals surface area contributed by atoms with E-state index in [4.69, 9.17) is 23.2 Å². The Morgan fingerprint density at radius 2 is 1.63 bits per heavy atom. The molecule has 0 aromatic heterocycles. The molecule has 4 rings (SSSR count). The molecule has 1 saturated heterocycles. The number of aliphatic hydroxyl groups is 1. The van der Waals surface area contributed by atoms with E-state index in [1.807, 2.05) is 30.3 Å². The summed E-state index contributed by atoms with van der Waals surface area (Å²) in [6, 6.07) is 20.0. The molecule has 150 valence electrons. The van der Waals surface area contributed by atoms with Crippen LogP contribution < -0.4 is 4.90 Å². The highest BCUT2D eigenvalue weighted by Crippen LogP contribution is 2.43. The third kappa shape index (κ3) is 3.38. The summed E-state index contributed by atoms with van der Waals surface area (Å²) in [5.41, 5.74) is 2.25. The summed E-state index contributed by atoms with van der Waals surface area (Å²) in [6.07, 6.45) is 0. The van der Waals surface area contributed by atoms with Crippen LogP contribution in [0.15, 0.2) is 78.4 Å². The first-order valence-electron chi connectivity index (χ1n) is 9.27. The first kappa shape index (κ1) is 20.2. The second-order valence-corrected chi connectivity index (χ2v) is 7.82. The van der Waals surface area contributed by atoms with E-state index >= 15 is 0 Å². The number of carbonyl (C=O) groups excluding carboxylic acids is 2.